The molecular formula is C3H8MoN-. The van der Waals surface area contributed by atoms with E-state index in [1.54, 1.807) is 7.05 Å². The third-order valence-electron chi connectivity index (χ3n) is 0.316. The van der Waals surface area contributed by atoms with Crippen LogP contribution in [0.5, 0.6) is 0 Å². The van der Waals surface area contributed by atoms with Crippen molar-refractivity contribution in [3.05, 3.63) is 5.32 Å². The van der Waals surface area contributed by atoms with Gasteiger partial charge in [-0.15, -0.1) is 0 Å². The minimum absolute atomic E-state index is 0. The molecule has 5 heavy (non-hydrogen) atoms. The van der Waals surface area contributed by atoms with E-state index < -0.39 is 0 Å². The van der Waals surface area contributed by atoms with E-state index in [9.17, 15) is 0 Å². The molecule has 0 bridgehead atoms. The summed E-state index contributed by atoms with van der Waals surface area (Å²) in [6.45, 7) is 2.96. The van der Waals surface area contributed by atoms with Gasteiger partial charge in [-0.25, -0.2) is 0 Å². The van der Waals surface area contributed by atoms with E-state index in [2.05, 4.69) is 5.32 Å². The number of hydrogen-bond acceptors (Lipinski definition) is 0. The molecule has 0 N–H and O–H groups in total. The number of nitrogens with zero attached hydrogens (tertiary/aromatic N) is 1. The van der Waals surface area contributed by atoms with Crippen molar-refractivity contribution >= 4 is 0 Å². The molecule has 0 rings (SSSR count). The van der Waals surface area contributed by atoms with Crippen LogP contribution in [-0.4, -0.2) is 13.6 Å². The molecule has 0 aliphatic carbocycles. The van der Waals surface area contributed by atoms with Crippen molar-refractivity contribution in [1.82, 2.24) is 0 Å². The topological polar surface area (TPSA) is 14.1 Å². The standard InChI is InChI=1S/C3H8N.Mo/c1-3-4-2;/h3H2,1-2H3;/q-1;. The Bertz CT molecular complexity index is 8.85. The summed E-state index contributed by atoms with van der Waals surface area (Å²) < 4.78 is 0. The summed E-state index contributed by atoms with van der Waals surface area (Å²) >= 11 is 0. The molecule has 2 heteroatoms. The third kappa shape index (κ3) is 12.0. The summed E-state index contributed by atoms with van der Waals surface area (Å²) in [5, 5.41) is 3.74. The maximum absolute atomic E-state index is 3.74. The van der Waals surface area contributed by atoms with Gasteiger partial charge in [-0.3, -0.25) is 0 Å². The van der Waals surface area contributed by atoms with Crippen LogP contribution in [0.3, 0.4) is 0 Å². The Labute approximate surface area is 47.4 Å². The van der Waals surface area contributed by atoms with Gasteiger partial charge in [0.05, 0.1) is 0 Å². The summed E-state index contributed by atoms with van der Waals surface area (Å²) in [6, 6.07) is 0. The molecule has 0 aliphatic heterocycles. The maximum atomic E-state index is 3.74. The van der Waals surface area contributed by atoms with Crippen LogP contribution in [-0.2, 0) is 21.1 Å². The van der Waals surface area contributed by atoms with Gasteiger partial charge in [-0.2, -0.15) is 13.6 Å². The third-order valence-corrected chi connectivity index (χ3v) is 0.316. The van der Waals surface area contributed by atoms with Gasteiger partial charge in [-0.05, 0) is 0 Å². The molecule has 0 aliphatic rings. The second kappa shape index (κ2) is 8.82. The van der Waals surface area contributed by atoms with Crippen LogP contribution < -0.4 is 0 Å². The Morgan fingerprint density at radius 1 is 1.60 bits per heavy atom. The summed E-state index contributed by atoms with van der Waals surface area (Å²) in [5.41, 5.74) is 0. The Hall–Kier alpha value is 0.648. The van der Waals surface area contributed by atoms with Crippen molar-refractivity contribution in [2.45, 2.75) is 6.92 Å². The van der Waals surface area contributed by atoms with Crippen LogP contribution in [0.4, 0.5) is 0 Å². The van der Waals surface area contributed by atoms with Crippen molar-refractivity contribution in [1.29, 1.82) is 0 Å². The second-order valence-electron chi connectivity index (χ2n) is 0.632. The van der Waals surface area contributed by atoms with Gasteiger partial charge >= 0.3 is 0 Å². The molecule has 0 heterocycles. The maximum Gasteiger partial charge on any atom is 0 e. The summed E-state index contributed by atoms with van der Waals surface area (Å²) in [7, 11) is 1.81. The first-order valence-corrected chi connectivity index (χ1v) is 1.47. The molecule has 0 aromatic rings. The zero-order valence-corrected chi connectivity index (χ0v) is 5.57. The molecule has 0 saturated carbocycles. The summed E-state index contributed by atoms with van der Waals surface area (Å²) in [4.78, 5) is 0. The molecule has 32 valence electrons. The Morgan fingerprint density at radius 2 is 1.80 bits per heavy atom. The fourth-order valence-electron chi connectivity index (χ4n) is 0. The zero-order valence-electron chi connectivity index (χ0n) is 3.56. The van der Waals surface area contributed by atoms with E-state index in [1.807, 2.05) is 6.92 Å². The Morgan fingerprint density at radius 3 is 1.80 bits per heavy atom. The molecule has 0 spiro atoms. The molecule has 0 amide bonds. The fourth-order valence-corrected chi connectivity index (χ4v) is 0. The van der Waals surface area contributed by atoms with Crippen molar-refractivity contribution in [3.63, 3.8) is 0 Å². The smallest absolute Gasteiger partial charge is 0 e. The molecule has 0 unspecified atom stereocenters. The first kappa shape index (κ1) is 9.17. The largest absolute Gasteiger partial charge is 0.665 e. The van der Waals surface area contributed by atoms with Gasteiger partial charge < -0.3 is 5.32 Å². The van der Waals surface area contributed by atoms with E-state index in [-0.39, 0.29) is 21.1 Å². The van der Waals surface area contributed by atoms with Gasteiger partial charge in [-0.1, -0.05) is 6.92 Å². The van der Waals surface area contributed by atoms with Crippen molar-refractivity contribution in [2.75, 3.05) is 13.6 Å². The van der Waals surface area contributed by atoms with E-state index in [0.29, 0.717) is 0 Å². The van der Waals surface area contributed by atoms with Crippen molar-refractivity contribution < 1.29 is 21.1 Å². The van der Waals surface area contributed by atoms with Crippen LogP contribution in [0.25, 0.3) is 5.32 Å². The predicted octanol–water partition coefficient (Wildman–Crippen LogP) is 1.01. The SMILES string of the molecule is CC[N-]C.[Mo]. The second-order valence-corrected chi connectivity index (χ2v) is 0.632. The monoisotopic (exact) mass is 156 g/mol. The minimum Gasteiger partial charge on any atom is -0.665 e. The van der Waals surface area contributed by atoms with E-state index in [0.717, 1.165) is 6.54 Å². The molecule has 1 nitrogen and oxygen atoms in total. The molecule has 0 aromatic heterocycles. The molecule has 0 radical (unpaired) electrons. The summed E-state index contributed by atoms with van der Waals surface area (Å²) in [6.07, 6.45) is 0. The fraction of sp³-hybridized carbons (Fsp3) is 1.00. The van der Waals surface area contributed by atoms with Crippen LogP contribution in [0, 0.1) is 0 Å². The van der Waals surface area contributed by atoms with Crippen LogP contribution in [0.15, 0.2) is 0 Å². The van der Waals surface area contributed by atoms with Gasteiger partial charge in [0.25, 0.3) is 0 Å². The van der Waals surface area contributed by atoms with Gasteiger partial charge in [0.1, 0.15) is 0 Å². The summed E-state index contributed by atoms with van der Waals surface area (Å²) in [5.74, 6) is 0. The molecule has 0 atom stereocenters. The normalized spacial score (nSPS) is 6.00. The van der Waals surface area contributed by atoms with Crippen molar-refractivity contribution in [3.8, 4) is 0 Å². The van der Waals surface area contributed by atoms with Gasteiger partial charge in [0.2, 0.25) is 0 Å². The number of rotatable bonds is 1. The first-order chi connectivity index (χ1) is 1.91. The van der Waals surface area contributed by atoms with E-state index in [1.165, 1.54) is 0 Å². The molecular weight excluding hydrogens is 146 g/mol. The Balaban J connectivity index is 0. The van der Waals surface area contributed by atoms with Gasteiger partial charge in [0.15, 0.2) is 0 Å². The van der Waals surface area contributed by atoms with Crippen molar-refractivity contribution in [2.24, 2.45) is 0 Å². The molecule has 0 aromatic carbocycles. The first-order valence-electron chi connectivity index (χ1n) is 1.47. The minimum atomic E-state index is 0. The molecule has 0 fully saturated rings. The van der Waals surface area contributed by atoms with E-state index >= 15 is 0 Å². The van der Waals surface area contributed by atoms with E-state index in [4.69, 9.17) is 0 Å². The van der Waals surface area contributed by atoms with Crippen LogP contribution in [0.1, 0.15) is 6.92 Å². The quantitative estimate of drug-likeness (QED) is 0.500. The van der Waals surface area contributed by atoms with Crippen LogP contribution >= 0.6 is 0 Å². The number of hydrogen-bond donors (Lipinski definition) is 0. The molecule has 0 saturated heterocycles. The average molecular weight is 154 g/mol. The average Bonchev–Trinajstić information content (AvgIpc) is 1.37. The zero-order chi connectivity index (χ0) is 3.41. The Kier molecular flexibility index (Phi) is 16.2. The van der Waals surface area contributed by atoms with Gasteiger partial charge in [0, 0.05) is 21.1 Å². The predicted molar refractivity (Wildman–Crippen MR) is 19.8 cm³/mol. The van der Waals surface area contributed by atoms with Crippen LogP contribution in [0.2, 0.25) is 0 Å².